The summed E-state index contributed by atoms with van der Waals surface area (Å²) < 4.78 is 0. The lowest BCUT2D eigenvalue weighted by Crippen LogP contribution is -1.90. The van der Waals surface area contributed by atoms with Gasteiger partial charge in [0.2, 0.25) is 0 Å². The average Bonchev–Trinajstić information content (AvgIpc) is 2.49. The molecule has 0 radical (unpaired) electrons. The minimum absolute atomic E-state index is 0.909. The van der Waals surface area contributed by atoms with Gasteiger partial charge < -0.3 is 0 Å². The zero-order chi connectivity index (χ0) is 12.2. The zero-order valence-corrected chi connectivity index (χ0v) is 9.69. The van der Waals surface area contributed by atoms with Gasteiger partial charge in [-0.15, -0.1) is 0 Å². The molecule has 0 spiro atoms. The van der Waals surface area contributed by atoms with E-state index in [9.17, 15) is 0 Å². The Bertz CT molecular complexity index is 578. The fourth-order valence-corrected chi connectivity index (χ4v) is 1.87. The first-order chi connectivity index (χ1) is 8.95. The Hall–Kier alpha value is -2.55. The summed E-state index contributed by atoms with van der Waals surface area (Å²) in [5.74, 6) is 0. The molecule has 3 aromatic rings. The molecule has 0 aromatic carbocycles. The molecule has 0 aliphatic heterocycles. The highest BCUT2D eigenvalue weighted by molar-refractivity contribution is 5.79. The van der Waals surface area contributed by atoms with Crippen molar-refractivity contribution in [3.63, 3.8) is 0 Å². The lowest BCUT2D eigenvalue weighted by molar-refractivity contribution is 1.26. The van der Waals surface area contributed by atoms with E-state index in [1.165, 1.54) is 0 Å². The molecule has 3 heterocycles. The van der Waals surface area contributed by atoms with Crippen LogP contribution in [0.4, 0.5) is 0 Å². The van der Waals surface area contributed by atoms with Crippen LogP contribution in [0.2, 0.25) is 0 Å². The van der Waals surface area contributed by atoms with Gasteiger partial charge in [-0.05, 0) is 30.3 Å². The van der Waals surface area contributed by atoms with Crippen LogP contribution in [0.5, 0.6) is 0 Å². The average molecular weight is 233 g/mol. The second-order valence-electron chi connectivity index (χ2n) is 3.85. The highest BCUT2D eigenvalue weighted by atomic mass is 14.7. The smallest absolute Gasteiger partial charge is 0.0724 e. The van der Waals surface area contributed by atoms with E-state index < -0.39 is 0 Å². The Morgan fingerprint density at radius 2 is 1.28 bits per heavy atom. The maximum Gasteiger partial charge on any atom is 0.0724 e. The van der Waals surface area contributed by atoms with Crippen LogP contribution in [-0.4, -0.2) is 15.0 Å². The van der Waals surface area contributed by atoms with Crippen molar-refractivity contribution in [2.45, 2.75) is 0 Å². The first-order valence-corrected chi connectivity index (χ1v) is 5.72. The molecular formula is C15H11N3. The fraction of sp³-hybridized carbons (Fsp3) is 0. The first kappa shape index (κ1) is 10.6. The largest absolute Gasteiger partial charge is 0.264 e. The van der Waals surface area contributed by atoms with E-state index in [1.807, 2.05) is 48.7 Å². The molecule has 86 valence electrons. The third kappa shape index (κ3) is 1.98. The van der Waals surface area contributed by atoms with Gasteiger partial charge in [-0.25, -0.2) is 0 Å². The van der Waals surface area contributed by atoms with Crippen LogP contribution in [0.3, 0.4) is 0 Å². The quantitative estimate of drug-likeness (QED) is 0.682. The number of nitrogens with zero attached hydrogens (tertiary/aromatic N) is 3. The molecule has 3 nitrogen and oxygen atoms in total. The molecule has 0 aliphatic carbocycles. The molecule has 0 aliphatic rings. The Morgan fingerprint density at radius 1 is 0.611 bits per heavy atom. The Morgan fingerprint density at radius 3 is 1.89 bits per heavy atom. The molecular weight excluding hydrogens is 222 g/mol. The number of aromatic nitrogens is 3. The summed E-state index contributed by atoms with van der Waals surface area (Å²) in [7, 11) is 0. The lowest BCUT2D eigenvalue weighted by atomic mass is 10.0. The third-order valence-electron chi connectivity index (χ3n) is 2.70. The number of hydrogen-bond acceptors (Lipinski definition) is 3. The zero-order valence-electron chi connectivity index (χ0n) is 9.69. The number of pyridine rings is 3. The van der Waals surface area contributed by atoms with Gasteiger partial charge in [-0.1, -0.05) is 12.1 Å². The third-order valence-corrected chi connectivity index (χ3v) is 2.70. The van der Waals surface area contributed by atoms with E-state index in [2.05, 4.69) is 15.0 Å². The molecule has 0 amide bonds. The number of rotatable bonds is 2. The van der Waals surface area contributed by atoms with E-state index in [4.69, 9.17) is 0 Å². The van der Waals surface area contributed by atoms with Gasteiger partial charge in [0.15, 0.2) is 0 Å². The van der Waals surface area contributed by atoms with E-state index in [0.717, 1.165) is 22.5 Å². The molecule has 3 rings (SSSR count). The van der Waals surface area contributed by atoms with Crippen molar-refractivity contribution in [2.24, 2.45) is 0 Å². The molecule has 0 saturated carbocycles. The highest BCUT2D eigenvalue weighted by Crippen LogP contribution is 2.28. The molecule has 0 fully saturated rings. The van der Waals surface area contributed by atoms with E-state index in [-0.39, 0.29) is 0 Å². The Balaban J connectivity index is 2.18. The van der Waals surface area contributed by atoms with Gasteiger partial charge >= 0.3 is 0 Å². The normalized spacial score (nSPS) is 10.2. The molecule has 0 N–H and O–H groups in total. The monoisotopic (exact) mass is 233 g/mol. The summed E-state index contributed by atoms with van der Waals surface area (Å²) >= 11 is 0. The van der Waals surface area contributed by atoms with Crippen molar-refractivity contribution < 1.29 is 0 Å². The second kappa shape index (κ2) is 4.75. The van der Waals surface area contributed by atoms with Crippen molar-refractivity contribution >= 4 is 0 Å². The summed E-state index contributed by atoms with van der Waals surface area (Å²) in [6.07, 6.45) is 7.17. The summed E-state index contributed by atoms with van der Waals surface area (Å²) in [5.41, 5.74) is 3.88. The lowest BCUT2D eigenvalue weighted by Gasteiger charge is -2.07. The SMILES string of the molecule is c1ccc(-c2ccncc2-c2ccccn2)nc1. The van der Waals surface area contributed by atoms with Crippen LogP contribution in [0.15, 0.2) is 67.3 Å². The predicted molar refractivity (Wildman–Crippen MR) is 70.7 cm³/mol. The summed E-state index contributed by atoms with van der Waals surface area (Å²) in [5, 5.41) is 0. The van der Waals surface area contributed by atoms with E-state index in [0.29, 0.717) is 0 Å². The van der Waals surface area contributed by atoms with Crippen molar-refractivity contribution in [2.75, 3.05) is 0 Å². The predicted octanol–water partition coefficient (Wildman–Crippen LogP) is 3.21. The number of hydrogen-bond donors (Lipinski definition) is 0. The second-order valence-corrected chi connectivity index (χ2v) is 3.85. The van der Waals surface area contributed by atoms with Crippen LogP contribution in [0.1, 0.15) is 0 Å². The summed E-state index contributed by atoms with van der Waals surface area (Å²) in [6.45, 7) is 0. The van der Waals surface area contributed by atoms with E-state index >= 15 is 0 Å². The van der Waals surface area contributed by atoms with Crippen LogP contribution in [0.25, 0.3) is 22.5 Å². The fourth-order valence-electron chi connectivity index (χ4n) is 1.87. The van der Waals surface area contributed by atoms with Gasteiger partial charge in [0.1, 0.15) is 0 Å². The van der Waals surface area contributed by atoms with Crippen LogP contribution in [0, 0.1) is 0 Å². The van der Waals surface area contributed by atoms with Crippen LogP contribution >= 0.6 is 0 Å². The van der Waals surface area contributed by atoms with E-state index in [1.54, 1.807) is 18.6 Å². The molecule has 3 aromatic heterocycles. The van der Waals surface area contributed by atoms with Crippen molar-refractivity contribution in [3.8, 4) is 22.5 Å². The molecule has 3 heteroatoms. The minimum Gasteiger partial charge on any atom is -0.264 e. The topological polar surface area (TPSA) is 38.7 Å². The van der Waals surface area contributed by atoms with Gasteiger partial charge in [0.05, 0.1) is 11.4 Å². The van der Waals surface area contributed by atoms with Crippen molar-refractivity contribution in [1.82, 2.24) is 15.0 Å². The first-order valence-electron chi connectivity index (χ1n) is 5.72. The summed E-state index contributed by atoms with van der Waals surface area (Å²) in [4.78, 5) is 12.9. The van der Waals surface area contributed by atoms with Crippen molar-refractivity contribution in [1.29, 1.82) is 0 Å². The van der Waals surface area contributed by atoms with Gasteiger partial charge in [-0.3, -0.25) is 15.0 Å². The summed E-state index contributed by atoms with van der Waals surface area (Å²) in [6, 6.07) is 13.7. The van der Waals surface area contributed by atoms with Gasteiger partial charge in [0, 0.05) is 35.9 Å². The van der Waals surface area contributed by atoms with Crippen LogP contribution in [-0.2, 0) is 0 Å². The molecule has 18 heavy (non-hydrogen) atoms. The Labute approximate surface area is 105 Å². The maximum absolute atomic E-state index is 4.38. The molecule has 0 atom stereocenters. The van der Waals surface area contributed by atoms with Crippen molar-refractivity contribution in [3.05, 3.63) is 67.3 Å². The highest BCUT2D eigenvalue weighted by Gasteiger charge is 2.08. The van der Waals surface area contributed by atoms with Crippen LogP contribution < -0.4 is 0 Å². The molecule has 0 unspecified atom stereocenters. The van der Waals surface area contributed by atoms with Gasteiger partial charge in [-0.2, -0.15) is 0 Å². The minimum atomic E-state index is 0.909. The molecule has 0 saturated heterocycles. The van der Waals surface area contributed by atoms with Gasteiger partial charge in [0.25, 0.3) is 0 Å². The molecule has 0 bridgehead atoms. The maximum atomic E-state index is 4.38. The Kier molecular flexibility index (Phi) is 2.80. The standard InChI is InChI=1S/C15H11N3/c1-3-8-17-14(5-1)12-7-10-16-11-13(12)15-6-2-4-9-18-15/h1-11H.